The van der Waals surface area contributed by atoms with Gasteiger partial charge in [-0.15, -0.1) is 0 Å². The highest BCUT2D eigenvalue weighted by Crippen LogP contribution is 2.39. The molecule has 0 heterocycles. The number of benzene rings is 2. The highest BCUT2D eigenvalue weighted by Gasteiger charge is 2.22. The molecule has 0 aliphatic heterocycles. The van der Waals surface area contributed by atoms with E-state index in [4.69, 9.17) is 4.74 Å². The van der Waals surface area contributed by atoms with E-state index in [-0.39, 0.29) is 5.56 Å². The van der Waals surface area contributed by atoms with E-state index in [0.717, 1.165) is 5.56 Å². The minimum absolute atomic E-state index is 0.00796. The molecule has 0 N–H and O–H groups in total. The molecule has 0 amide bonds. The lowest BCUT2D eigenvalue weighted by atomic mass is 10.0. The van der Waals surface area contributed by atoms with Gasteiger partial charge in [0.15, 0.2) is 0 Å². The van der Waals surface area contributed by atoms with Gasteiger partial charge in [-0.25, -0.2) is 8.78 Å². The third-order valence-corrected chi connectivity index (χ3v) is 3.86. The van der Waals surface area contributed by atoms with Gasteiger partial charge >= 0.3 is 0 Å². The zero-order valence-electron chi connectivity index (χ0n) is 10.6. The highest BCUT2D eigenvalue weighted by molar-refractivity contribution is 9.09. The zero-order chi connectivity index (χ0) is 14.0. The van der Waals surface area contributed by atoms with E-state index in [1.807, 2.05) is 19.1 Å². The minimum atomic E-state index is -0.594. The topological polar surface area (TPSA) is 9.23 Å². The van der Waals surface area contributed by atoms with Crippen LogP contribution in [-0.4, -0.2) is 7.11 Å². The highest BCUT2D eigenvalue weighted by atomic mass is 79.9. The summed E-state index contributed by atoms with van der Waals surface area (Å²) in [6, 6.07) is 9.37. The van der Waals surface area contributed by atoms with Crippen molar-refractivity contribution in [3.63, 3.8) is 0 Å². The quantitative estimate of drug-likeness (QED) is 0.738. The average Bonchev–Trinajstić information content (AvgIpc) is 2.38. The summed E-state index contributed by atoms with van der Waals surface area (Å²) < 4.78 is 32.9. The summed E-state index contributed by atoms with van der Waals surface area (Å²) in [4.78, 5) is -0.594. The first-order valence-electron chi connectivity index (χ1n) is 5.77. The summed E-state index contributed by atoms with van der Waals surface area (Å²) >= 11 is 3.36. The Kier molecular flexibility index (Phi) is 4.20. The molecular formula is C15H13BrF2O. The summed E-state index contributed by atoms with van der Waals surface area (Å²) in [6.07, 6.45) is 0. The Hall–Kier alpha value is -1.42. The monoisotopic (exact) mass is 326 g/mol. The normalized spacial score (nSPS) is 12.3. The van der Waals surface area contributed by atoms with Crippen molar-refractivity contribution in [3.8, 4) is 5.75 Å². The van der Waals surface area contributed by atoms with Gasteiger partial charge in [0.1, 0.15) is 17.4 Å². The van der Waals surface area contributed by atoms with Crippen LogP contribution in [0.3, 0.4) is 0 Å². The molecule has 1 nitrogen and oxygen atoms in total. The van der Waals surface area contributed by atoms with Gasteiger partial charge in [0, 0.05) is 11.1 Å². The van der Waals surface area contributed by atoms with Gasteiger partial charge in [-0.2, -0.15) is 0 Å². The van der Waals surface area contributed by atoms with Crippen LogP contribution in [0.5, 0.6) is 5.75 Å². The smallest absolute Gasteiger partial charge is 0.130 e. The first kappa shape index (κ1) is 14.0. The second-order valence-electron chi connectivity index (χ2n) is 4.24. The van der Waals surface area contributed by atoms with E-state index in [1.54, 1.807) is 6.07 Å². The van der Waals surface area contributed by atoms with E-state index >= 15 is 0 Å². The molecule has 1 atom stereocenters. The lowest BCUT2D eigenvalue weighted by Gasteiger charge is -2.16. The maximum absolute atomic E-state index is 13.8. The van der Waals surface area contributed by atoms with Crippen LogP contribution in [0.25, 0.3) is 0 Å². The Labute approximate surface area is 119 Å². The van der Waals surface area contributed by atoms with Gasteiger partial charge in [0.25, 0.3) is 0 Å². The van der Waals surface area contributed by atoms with Crippen LogP contribution in [-0.2, 0) is 0 Å². The molecule has 0 aliphatic rings. The third-order valence-electron chi connectivity index (χ3n) is 2.91. The summed E-state index contributed by atoms with van der Waals surface area (Å²) in [7, 11) is 1.53. The number of hydrogen-bond acceptors (Lipinski definition) is 1. The van der Waals surface area contributed by atoms with E-state index in [1.165, 1.54) is 25.3 Å². The van der Waals surface area contributed by atoms with Crippen LogP contribution in [0, 0.1) is 18.6 Å². The van der Waals surface area contributed by atoms with Gasteiger partial charge in [0.2, 0.25) is 0 Å². The van der Waals surface area contributed by atoms with Crippen molar-refractivity contribution in [2.24, 2.45) is 0 Å². The Morgan fingerprint density at radius 2 is 1.74 bits per heavy atom. The van der Waals surface area contributed by atoms with Gasteiger partial charge in [-0.05, 0) is 25.1 Å². The first-order chi connectivity index (χ1) is 9.04. The lowest BCUT2D eigenvalue weighted by molar-refractivity contribution is 0.410. The molecule has 19 heavy (non-hydrogen) atoms. The van der Waals surface area contributed by atoms with Gasteiger partial charge in [-0.3, -0.25) is 0 Å². The van der Waals surface area contributed by atoms with Crippen molar-refractivity contribution >= 4 is 15.9 Å². The fraction of sp³-hybridized carbons (Fsp3) is 0.200. The number of alkyl halides is 1. The van der Waals surface area contributed by atoms with Gasteiger partial charge < -0.3 is 4.74 Å². The van der Waals surface area contributed by atoms with E-state index < -0.39 is 16.5 Å². The predicted molar refractivity (Wildman–Crippen MR) is 74.9 cm³/mol. The predicted octanol–water partition coefficient (Wildman–Crippen LogP) is 4.77. The molecule has 0 spiro atoms. The van der Waals surface area contributed by atoms with Gasteiger partial charge in [0.05, 0.1) is 11.9 Å². The first-order valence-corrected chi connectivity index (χ1v) is 6.68. The van der Waals surface area contributed by atoms with Crippen molar-refractivity contribution in [1.82, 2.24) is 0 Å². The van der Waals surface area contributed by atoms with Crippen LogP contribution in [0.2, 0.25) is 0 Å². The Balaban J connectivity index is 2.55. The maximum Gasteiger partial charge on any atom is 0.130 e. The minimum Gasteiger partial charge on any atom is -0.496 e. The molecule has 0 aromatic heterocycles. The summed E-state index contributed by atoms with van der Waals surface area (Å²) in [6.45, 7) is 1.92. The molecule has 4 heteroatoms. The molecule has 2 aromatic carbocycles. The van der Waals surface area contributed by atoms with Crippen molar-refractivity contribution < 1.29 is 13.5 Å². The fourth-order valence-corrected chi connectivity index (χ4v) is 2.76. The standard InChI is InChI=1S/C15H13BrF2O/c1-9-6-7-13(19-2)10(8-9)15(16)14-11(17)4-3-5-12(14)18/h3-8,15H,1-2H3. The molecule has 0 fully saturated rings. The largest absolute Gasteiger partial charge is 0.496 e. The molecule has 0 saturated heterocycles. The summed E-state index contributed by atoms with van der Waals surface area (Å²) in [5.74, 6) is -0.564. The molecule has 2 aromatic rings. The van der Waals surface area contributed by atoms with Crippen LogP contribution in [0.1, 0.15) is 21.5 Å². The third kappa shape index (κ3) is 2.78. The molecule has 0 radical (unpaired) electrons. The summed E-state index contributed by atoms with van der Waals surface area (Å²) in [5.41, 5.74) is 1.69. The maximum atomic E-state index is 13.8. The molecule has 100 valence electrons. The summed E-state index contributed by atoms with van der Waals surface area (Å²) in [5, 5.41) is 0. The van der Waals surface area contributed by atoms with E-state index in [9.17, 15) is 8.78 Å². The second-order valence-corrected chi connectivity index (χ2v) is 5.16. The van der Waals surface area contributed by atoms with Crippen molar-refractivity contribution in [3.05, 3.63) is 64.7 Å². The van der Waals surface area contributed by atoms with Crippen molar-refractivity contribution in [2.45, 2.75) is 11.8 Å². The number of ether oxygens (including phenoxy) is 1. The fourth-order valence-electron chi connectivity index (χ4n) is 1.96. The molecule has 1 unspecified atom stereocenters. The van der Waals surface area contributed by atoms with Crippen molar-refractivity contribution in [1.29, 1.82) is 0 Å². The second kappa shape index (κ2) is 5.70. The Bertz CT molecular complexity index is 578. The number of methoxy groups -OCH3 is 1. The molecule has 0 saturated carbocycles. The number of hydrogen-bond donors (Lipinski definition) is 0. The van der Waals surface area contributed by atoms with Crippen LogP contribution in [0.4, 0.5) is 8.78 Å². The zero-order valence-corrected chi connectivity index (χ0v) is 12.2. The number of halogens is 3. The van der Waals surface area contributed by atoms with E-state index in [2.05, 4.69) is 15.9 Å². The molecule has 0 aliphatic carbocycles. The molecule has 2 rings (SSSR count). The van der Waals surface area contributed by atoms with Crippen LogP contribution >= 0.6 is 15.9 Å². The SMILES string of the molecule is COc1ccc(C)cc1C(Br)c1c(F)cccc1F. The Morgan fingerprint density at radius 3 is 2.32 bits per heavy atom. The van der Waals surface area contributed by atoms with E-state index in [0.29, 0.717) is 11.3 Å². The van der Waals surface area contributed by atoms with Crippen molar-refractivity contribution in [2.75, 3.05) is 7.11 Å². The molecule has 0 bridgehead atoms. The average molecular weight is 327 g/mol. The van der Waals surface area contributed by atoms with Gasteiger partial charge in [-0.1, -0.05) is 39.7 Å². The Morgan fingerprint density at radius 1 is 1.11 bits per heavy atom. The lowest BCUT2D eigenvalue weighted by Crippen LogP contribution is -2.03. The van der Waals surface area contributed by atoms with Crippen LogP contribution in [0.15, 0.2) is 36.4 Å². The van der Waals surface area contributed by atoms with Crippen LogP contribution < -0.4 is 4.74 Å². The number of rotatable bonds is 3. The molecular weight excluding hydrogens is 314 g/mol. The number of aryl methyl sites for hydroxylation is 1.